The van der Waals surface area contributed by atoms with Crippen LogP contribution in [0.2, 0.25) is 0 Å². The maximum atomic E-state index is 12.7. The molecule has 0 radical (unpaired) electrons. The fourth-order valence-electron chi connectivity index (χ4n) is 3.30. The highest BCUT2D eigenvalue weighted by Gasteiger charge is 2.38. The Labute approximate surface area is 244 Å². The summed E-state index contributed by atoms with van der Waals surface area (Å²) in [6.07, 6.45) is -10.3. The average molecular weight is 656 g/mol. The SMILES string of the molecule is N=C(N)c1ccc(C2=NOC(CC(=O)NC[C@H](NS(=O)(=O)c3ccc(C(F)(F)F)cc3)C(=O)O)C2)cc1.O=C(O)C(F)(F)F. The number of oxime groups is 1. The number of hydrogen-bond donors (Lipinski definition) is 6. The molecule has 1 aliphatic rings. The minimum Gasteiger partial charge on any atom is -0.480 e. The van der Waals surface area contributed by atoms with Crippen LogP contribution in [0.25, 0.3) is 0 Å². The van der Waals surface area contributed by atoms with Crippen molar-refractivity contribution in [2.75, 3.05) is 6.54 Å². The van der Waals surface area contributed by atoms with Crippen LogP contribution in [-0.4, -0.2) is 72.9 Å². The Bertz CT molecular complexity index is 1510. The van der Waals surface area contributed by atoms with E-state index in [4.69, 9.17) is 25.9 Å². The number of benzene rings is 2. The molecule has 240 valence electrons. The molecule has 2 aromatic carbocycles. The Morgan fingerprint density at radius 2 is 1.57 bits per heavy atom. The quantitative estimate of drug-likeness (QED) is 0.125. The van der Waals surface area contributed by atoms with Crippen LogP contribution in [-0.2, 0) is 35.4 Å². The fourth-order valence-corrected chi connectivity index (χ4v) is 4.49. The van der Waals surface area contributed by atoms with Crippen molar-refractivity contribution >= 4 is 39.4 Å². The summed E-state index contributed by atoms with van der Waals surface area (Å²) in [5, 5.41) is 30.1. The topological polar surface area (TPSA) is 221 Å². The van der Waals surface area contributed by atoms with Gasteiger partial charge in [-0.1, -0.05) is 29.4 Å². The largest absolute Gasteiger partial charge is 0.490 e. The normalized spacial score (nSPS) is 15.6. The number of nitrogen functional groups attached to an aromatic ring is 1. The lowest BCUT2D eigenvalue weighted by atomic mass is 10.0. The Morgan fingerprint density at radius 3 is 2.02 bits per heavy atom. The number of carbonyl (C=O) groups is 3. The fraction of sp³-hybridized carbons (Fsp3) is 0.292. The third kappa shape index (κ3) is 10.5. The highest BCUT2D eigenvalue weighted by Crippen LogP contribution is 2.29. The minimum absolute atomic E-state index is 0.0907. The molecule has 2 atom stereocenters. The number of halogens is 6. The van der Waals surface area contributed by atoms with Gasteiger partial charge in [-0.05, 0) is 29.8 Å². The zero-order valence-electron chi connectivity index (χ0n) is 21.9. The van der Waals surface area contributed by atoms with E-state index in [1.165, 1.54) is 0 Å². The molecule has 7 N–H and O–H groups in total. The molecule has 1 heterocycles. The summed E-state index contributed by atoms with van der Waals surface area (Å²) in [6, 6.07) is 7.39. The molecule has 20 heteroatoms. The molecule has 1 aliphatic heterocycles. The first-order chi connectivity index (χ1) is 20.2. The van der Waals surface area contributed by atoms with E-state index in [2.05, 4.69) is 10.5 Å². The third-order valence-corrected chi connectivity index (χ3v) is 7.00. The zero-order chi connectivity index (χ0) is 33.5. The molecule has 0 bridgehead atoms. The summed E-state index contributed by atoms with van der Waals surface area (Å²) in [4.78, 5) is 37.4. The van der Waals surface area contributed by atoms with Crippen LogP contribution in [0.15, 0.2) is 58.6 Å². The number of nitrogens with zero attached hydrogens (tertiary/aromatic N) is 1. The van der Waals surface area contributed by atoms with Gasteiger partial charge in [0.15, 0.2) is 0 Å². The number of amidine groups is 1. The van der Waals surface area contributed by atoms with E-state index in [-0.39, 0.29) is 18.7 Å². The van der Waals surface area contributed by atoms with Crippen LogP contribution < -0.4 is 15.8 Å². The highest BCUT2D eigenvalue weighted by atomic mass is 32.2. The second-order valence-corrected chi connectivity index (χ2v) is 10.5. The first kappa shape index (κ1) is 35.5. The molecule has 44 heavy (non-hydrogen) atoms. The number of carbonyl (C=O) groups excluding carboxylic acids is 1. The highest BCUT2D eigenvalue weighted by molar-refractivity contribution is 7.89. The molecular weight excluding hydrogens is 632 g/mol. The summed E-state index contributed by atoms with van der Waals surface area (Å²) in [6.45, 7) is -0.624. The molecular formula is C24H23F6N5O8S. The monoisotopic (exact) mass is 655 g/mol. The predicted molar refractivity (Wildman–Crippen MR) is 138 cm³/mol. The van der Waals surface area contributed by atoms with Gasteiger partial charge in [-0.2, -0.15) is 31.1 Å². The van der Waals surface area contributed by atoms with E-state index in [9.17, 15) is 49.5 Å². The number of sulfonamides is 1. The van der Waals surface area contributed by atoms with Crippen LogP contribution in [0.3, 0.4) is 0 Å². The Balaban J connectivity index is 0.000000860. The lowest BCUT2D eigenvalue weighted by Gasteiger charge is -2.16. The van der Waals surface area contributed by atoms with Crippen molar-refractivity contribution < 1.29 is 64.2 Å². The number of carboxylic acid groups (broad SMARTS) is 2. The molecule has 1 amide bonds. The van der Waals surface area contributed by atoms with Crippen molar-refractivity contribution in [1.82, 2.24) is 10.0 Å². The predicted octanol–water partition coefficient (Wildman–Crippen LogP) is 2.05. The molecule has 13 nitrogen and oxygen atoms in total. The van der Waals surface area contributed by atoms with Gasteiger partial charge in [0.05, 0.1) is 22.6 Å². The lowest BCUT2D eigenvalue weighted by Crippen LogP contribution is -2.48. The van der Waals surface area contributed by atoms with Crippen molar-refractivity contribution in [2.45, 2.75) is 42.2 Å². The van der Waals surface area contributed by atoms with Gasteiger partial charge in [-0.15, -0.1) is 0 Å². The molecule has 0 aliphatic carbocycles. The van der Waals surface area contributed by atoms with E-state index in [0.29, 0.717) is 41.1 Å². The van der Waals surface area contributed by atoms with Gasteiger partial charge in [-0.3, -0.25) is 15.0 Å². The van der Waals surface area contributed by atoms with Crippen LogP contribution >= 0.6 is 0 Å². The Kier molecular flexibility index (Phi) is 11.4. The molecule has 0 saturated carbocycles. The van der Waals surface area contributed by atoms with Crippen LogP contribution in [0.1, 0.15) is 29.5 Å². The second kappa shape index (κ2) is 14.2. The number of rotatable bonds is 10. The zero-order valence-corrected chi connectivity index (χ0v) is 22.8. The Morgan fingerprint density at radius 1 is 1.02 bits per heavy atom. The minimum atomic E-state index is -5.08. The third-order valence-electron chi connectivity index (χ3n) is 5.51. The first-order valence-corrected chi connectivity index (χ1v) is 13.4. The van der Waals surface area contributed by atoms with Gasteiger partial charge in [-0.25, -0.2) is 13.2 Å². The number of nitrogens with one attached hydrogen (secondary N) is 3. The number of carboxylic acids is 2. The molecule has 1 unspecified atom stereocenters. The smallest absolute Gasteiger partial charge is 0.480 e. The van der Waals surface area contributed by atoms with Crippen LogP contribution in [0.4, 0.5) is 26.3 Å². The van der Waals surface area contributed by atoms with Gasteiger partial charge in [0, 0.05) is 18.5 Å². The van der Waals surface area contributed by atoms with Crippen molar-refractivity contribution in [3.63, 3.8) is 0 Å². The molecule has 0 fully saturated rings. The van der Waals surface area contributed by atoms with E-state index in [0.717, 1.165) is 0 Å². The molecule has 2 aromatic rings. The van der Waals surface area contributed by atoms with Crippen LogP contribution in [0, 0.1) is 5.41 Å². The number of hydrogen-bond acceptors (Lipinski definition) is 8. The molecule has 0 saturated heterocycles. The molecule has 3 rings (SSSR count). The first-order valence-electron chi connectivity index (χ1n) is 11.9. The van der Waals surface area contributed by atoms with Gasteiger partial charge in [0.25, 0.3) is 0 Å². The molecule has 0 spiro atoms. The number of aliphatic carboxylic acids is 2. The summed E-state index contributed by atoms with van der Waals surface area (Å²) < 4.78 is 96.5. The van der Waals surface area contributed by atoms with Crippen molar-refractivity contribution in [3.05, 3.63) is 65.2 Å². The number of alkyl halides is 6. The maximum absolute atomic E-state index is 12.7. The van der Waals surface area contributed by atoms with E-state index < -0.39 is 69.4 Å². The second-order valence-electron chi connectivity index (χ2n) is 8.81. The standard InChI is InChI=1S/C22H22F3N5O6S.C2HF3O2/c23-22(24,25)14-5-7-16(8-6-14)37(34,35)30-18(21(32)33)11-28-19(31)10-15-9-17(29-36-15)12-1-3-13(4-2-12)20(26)27;3-2(4,5)1(6)7/h1-8,15,18,30H,9-11H2,(H3,26,27)(H,28,31)(H,32,33);(H,6,7)/t15?,18-;/m0./s1. The maximum Gasteiger partial charge on any atom is 0.490 e. The molecule has 0 aromatic heterocycles. The summed E-state index contributed by atoms with van der Waals surface area (Å²) in [5.74, 6) is -5.08. The van der Waals surface area contributed by atoms with Crippen molar-refractivity contribution in [1.29, 1.82) is 5.41 Å². The Hall–Kier alpha value is -4.72. The van der Waals surface area contributed by atoms with Crippen LogP contribution in [0.5, 0.6) is 0 Å². The lowest BCUT2D eigenvalue weighted by molar-refractivity contribution is -0.192. The summed E-state index contributed by atoms with van der Waals surface area (Å²) in [7, 11) is -4.50. The van der Waals surface area contributed by atoms with Gasteiger partial charge in [0.1, 0.15) is 18.0 Å². The van der Waals surface area contributed by atoms with E-state index >= 15 is 0 Å². The summed E-state index contributed by atoms with van der Waals surface area (Å²) in [5.41, 5.74) is 6.14. The van der Waals surface area contributed by atoms with Crippen molar-refractivity contribution in [2.24, 2.45) is 10.9 Å². The van der Waals surface area contributed by atoms with Gasteiger partial charge in [0.2, 0.25) is 15.9 Å². The number of amides is 1. The number of nitrogens with two attached hydrogens (primary N) is 1. The van der Waals surface area contributed by atoms with Gasteiger partial charge >= 0.3 is 24.3 Å². The summed E-state index contributed by atoms with van der Waals surface area (Å²) >= 11 is 0. The van der Waals surface area contributed by atoms with Gasteiger partial charge < -0.3 is 26.1 Å². The average Bonchev–Trinajstić information content (AvgIpc) is 3.38. The van der Waals surface area contributed by atoms with E-state index in [1.807, 2.05) is 4.72 Å². The van der Waals surface area contributed by atoms with Crippen molar-refractivity contribution in [3.8, 4) is 0 Å². The van der Waals surface area contributed by atoms with E-state index in [1.54, 1.807) is 24.3 Å².